The van der Waals surface area contributed by atoms with Gasteiger partial charge in [-0.05, 0) is 52.9 Å². The molecule has 2 aliphatic heterocycles. The van der Waals surface area contributed by atoms with Crippen molar-refractivity contribution in [2.24, 2.45) is 5.92 Å². The van der Waals surface area contributed by atoms with Crippen molar-refractivity contribution >= 4 is 0 Å². The van der Waals surface area contributed by atoms with E-state index in [1.165, 1.54) is 65.2 Å². The van der Waals surface area contributed by atoms with Crippen LogP contribution in [-0.2, 0) is 0 Å². The van der Waals surface area contributed by atoms with E-state index in [1.807, 2.05) is 0 Å². The predicted octanol–water partition coefficient (Wildman–Crippen LogP) is 0.554. The van der Waals surface area contributed by atoms with Crippen LogP contribution in [0.4, 0.5) is 0 Å². The maximum Gasteiger partial charge on any atom is 0.0110 e. The summed E-state index contributed by atoms with van der Waals surface area (Å²) in [5.74, 6) is 0.880. The molecule has 2 aliphatic rings. The van der Waals surface area contributed by atoms with Crippen molar-refractivity contribution in [2.75, 3.05) is 66.5 Å². The van der Waals surface area contributed by atoms with Gasteiger partial charge in [0.15, 0.2) is 0 Å². The van der Waals surface area contributed by atoms with Crippen molar-refractivity contribution in [2.45, 2.75) is 25.8 Å². The molecule has 4 heteroatoms. The molecule has 0 aromatic heterocycles. The van der Waals surface area contributed by atoms with Crippen LogP contribution in [-0.4, -0.2) is 87.2 Å². The number of likely N-dealkylation sites (N-methyl/N-ethyl adjacent to an activating group) is 1. The van der Waals surface area contributed by atoms with Crippen molar-refractivity contribution in [1.29, 1.82) is 0 Å². The lowest BCUT2D eigenvalue weighted by atomic mass is 9.90. The molecule has 0 bridgehead atoms. The molecular weight excluding hydrogens is 236 g/mol. The first-order valence-corrected chi connectivity index (χ1v) is 7.99. The van der Waals surface area contributed by atoms with E-state index in [9.17, 15) is 0 Å². The maximum atomic E-state index is 3.41. The summed E-state index contributed by atoms with van der Waals surface area (Å²) in [6, 6.07) is 0.680. The molecule has 0 radical (unpaired) electrons. The highest BCUT2D eigenvalue weighted by Gasteiger charge is 2.23. The molecule has 0 spiro atoms. The zero-order valence-corrected chi connectivity index (χ0v) is 13.1. The first kappa shape index (κ1) is 15.2. The van der Waals surface area contributed by atoms with Crippen LogP contribution in [0.3, 0.4) is 0 Å². The number of rotatable bonds is 5. The Bertz CT molecular complexity index is 243. The van der Waals surface area contributed by atoms with Crippen LogP contribution in [0, 0.1) is 5.92 Å². The van der Waals surface area contributed by atoms with Crippen molar-refractivity contribution < 1.29 is 0 Å². The molecule has 1 atom stereocenters. The zero-order valence-electron chi connectivity index (χ0n) is 13.1. The predicted molar refractivity (Wildman–Crippen MR) is 81.6 cm³/mol. The quantitative estimate of drug-likeness (QED) is 0.786. The SMILES string of the molecule is CNC(C)C1CCN(CCN2CCN(C)CC2)CC1. The van der Waals surface area contributed by atoms with E-state index in [-0.39, 0.29) is 0 Å². The Hall–Kier alpha value is -0.160. The van der Waals surface area contributed by atoms with Crippen LogP contribution < -0.4 is 5.32 Å². The lowest BCUT2D eigenvalue weighted by Crippen LogP contribution is -2.48. The maximum absolute atomic E-state index is 3.41. The minimum absolute atomic E-state index is 0.680. The first-order valence-electron chi connectivity index (χ1n) is 7.99. The Kier molecular flexibility index (Phi) is 6.07. The van der Waals surface area contributed by atoms with Crippen LogP contribution in [0.5, 0.6) is 0 Å². The number of nitrogens with one attached hydrogen (secondary N) is 1. The van der Waals surface area contributed by atoms with Gasteiger partial charge in [-0.15, -0.1) is 0 Å². The summed E-state index contributed by atoms with van der Waals surface area (Å²) in [6.07, 6.45) is 2.73. The number of hydrogen-bond donors (Lipinski definition) is 1. The van der Waals surface area contributed by atoms with E-state index in [2.05, 4.69) is 41.0 Å². The topological polar surface area (TPSA) is 21.8 Å². The molecule has 0 aromatic carbocycles. The average Bonchev–Trinajstić information content (AvgIpc) is 2.46. The molecule has 0 aromatic rings. The fourth-order valence-electron chi connectivity index (χ4n) is 3.27. The lowest BCUT2D eigenvalue weighted by molar-refractivity contribution is 0.115. The highest BCUT2D eigenvalue weighted by molar-refractivity contribution is 4.79. The van der Waals surface area contributed by atoms with Crippen molar-refractivity contribution in [1.82, 2.24) is 20.0 Å². The van der Waals surface area contributed by atoms with Crippen LogP contribution in [0.2, 0.25) is 0 Å². The van der Waals surface area contributed by atoms with Gasteiger partial charge in [0.2, 0.25) is 0 Å². The van der Waals surface area contributed by atoms with E-state index in [0.717, 1.165) is 5.92 Å². The molecule has 2 rings (SSSR count). The molecular formula is C15H32N4. The Morgan fingerprint density at radius 3 is 2.00 bits per heavy atom. The summed E-state index contributed by atoms with van der Waals surface area (Å²) in [5.41, 5.74) is 0. The third-order valence-corrected chi connectivity index (χ3v) is 5.12. The molecule has 19 heavy (non-hydrogen) atoms. The normalized spacial score (nSPS) is 26.7. The van der Waals surface area contributed by atoms with Gasteiger partial charge in [-0.1, -0.05) is 0 Å². The van der Waals surface area contributed by atoms with Gasteiger partial charge >= 0.3 is 0 Å². The Balaban J connectivity index is 1.60. The fourth-order valence-corrected chi connectivity index (χ4v) is 3.27. The highest BCUT2D eigenvalue weighted by Crippen LogP contribution is 2.20. The summed E-state index contributed by atoms with van der Waals surface area (Å²) < 4.78 is 0. The second-order valence-electron chi connectivity index (χ2n) is 6.40. The van der Waals surface area contributed by atoms with Gasteiger partial charge in [-0.3, -0.25) is 4.90 Å². The standard InChI is InChI=1S/C15H32N4/c1-14(16-2)15-4-6-18(7-5-15)12-13-19-10-8-17(3)9-11-19/h14-16H,4-13H2,1-3H3. The third kappa shape index (κ3) is 4.71. The summed E-state index contributed by atoms with van der Waals surface area (Å²) in [7, 11) is 4.31. The average molecular weight is 268 g/mol. The Labute approximate surface area is 119 Å². The van der Waals surface area contributed by atoms with Gasteiger partial charge < -0.3 is 15.1 Å². The molecule has 0 amide bonds. The summed E-state index contributed by atoms with van der Waals surface area (Å²) in [5, 5.41) is 3.41. The van der Waals surface area contributed by atoms with Gasteiger partial charge in [0.1, 0.15) is 0 Å². The lowest BCUT2D eigenvalue weighted by Gasteiger charge is -2.37. The van der Waals surface area contributed by atoms with Gasteiger partial charge in [0.25, 0.3) is 0 Å². The molecule has 112 valence electrons. The molecule has 2 saturated heterocycles. The van der Waals surface area contributed by atoms with E-state index in [4.69, 9.17) is 0 Å². The fraction of sp³-hybridized carbons (Fsp3) is 1.00. The molecule has 0 aliphatic carbocycles. The molecule has 1 unspecified atom stereocenters. The highest BCUT2D eigenvalue weighted by atomic mass is 15.3. The molecule has 0 saturated carbocycles. The van der Waals surface area contributed by atoms with Crippen LogP contribution in [0.1, 0.15) is 19.8 Å². The van der Waals surface area contributed by atoms with E-state index in [1.54, 1.807) is 0 Å². The molecule has 2 fully saturated rings. The van der Waals surface area contributed by atoms with Crippen molar-refractivity contribution in [3.63, 3.8) is 0 Å². The molecule has 4 nitrogen and oxygen atoms in total. The number of nitrogens with zero attached hydrogens (tertiary/aromatic N) is 3. The number of piperidine rings is 1. The van der Waals surface area contributed by atoms with E-state index < -0.39 is 0 Å². The van der Waals surface area contributed by atoms with E-state index in [0.29, 0.717) is 6.04 Å². The van der Waals surface area contributed by atoms with Gasteiger partial charge in [-0.25, -0.2) is 0 Å². The largest absolute Gasteiger partial charge is 0.317 e. The summed E-state index contributed by atoms with van der Waals surface area (Å²) in [4.78, 5) is 7.72. The summed E-state index contributed by atoms with van der Waals surface area (Å²) in [6.45, 7) is 12.4. The summed E-state index contributed by atoms with van der Waals surface area (Å²) >= 11 is 0. The second-order valence-corrected chi connectivity index (χ2v) is 6.40. The second kappa shape index (κ2) is 7.58. The Morgan fingerprint density at radius 1 is 0.947 bits per heavy atom. The van der Waals surface area contributed by atoms with Crippen LogP contribution >= 0.6 is 0 Å². The minimum atomic E-state index is 0.680. The van der Waals surface area contributed by atoms with E-state index >= 15 is 0 Å². The smallest absolute Gasteiger partial charge is 0.0110 e. The minimum Gasteiger partial charge on any atom is -0.317 e. The first-order chi connectivity index (χ1) is 9.19. The molecule has 1 N–H and O–H groups in total. The van der Waals surface area contributed by atoms with Gasteiger partial charge in [0.05, 0.1) is 0 Å². The van der Waals surface area contributed by atoms with Gasteiger partial charge in [0, 0.05) is 45.3 Å². The van der Waals surface area contributed by atoms with Crippen molar-refractivity contribution in [3.05, 3.63) is 0 Å². The van der Waals surface area contributed by atoms with Crippen LogP contribution in [0.15, 0.2) is 0 Å². The zero-order chi connectivity index (χ0) is 13.7. The Morgan fingerprint density at radius 2 is 1.47 bits per heavy atom. The number of piperazine rings is 1. The van der Waals surface area contributed by atoms with Crippen molar-refractivity contribution in [3.8, 4) is 0 Å². The monoisotopic (exact) mass is 268 g/mol. The number of likely N-dealkylation sites (tertiary alicyclic amines) is 1. The van der Waals surface area contributed by atoms with Crippen LogP contribution in [0.25, 0.3) is 0 Å². The number of hydrogen-bond acceptors (Lipinski definition) is 4. The van der Waals surface area contributed by atoms with Gasteiger partial charge in [-0.2, -0.15) is 0 Å². The molecule has 2 heterocycles. The third-order valence-electron chi connectivity index (χ3n) is 5.12.